The first kappa shape index (κ1) is 14.8. The van der Waals surface area contributed by atoms with Crippen molar-refractivity contribution in [3.8, 4) is 0 Å². The van der Waals surface area contributed by atoms with E-state index in [0.29, 0.717) is 24.7 Å². The number of fused-ring (bicyclic) bond motifs is 2. The van der Waals surface area contributed by atoms with E-state index in [-0.39, 0.29) is 0 Å². The Bertz CT molecular complexity index is 653. The number of hydrogen-bond donors (Lipinski definition) is 0. The lowest BCUT2D eigenvalue weighted by molar-refractivity contribution is 0.0849. The van der Waals surface area contributed by atoms with E-state index < -0.39 is 0 Å². The fourth-order valence-corrected chi connectivity index (χ4v) is 4.10. The summed E-state index contributed by atoms with van der Waals surface area (Å²) in [5.41, 5.74) is 1.86. The highest BCUT2D eigenvalue weighted by molar-refractivity contribution is 5.06. The first-order chi connectivity index (χ1) is 11.2. The molecule has 2 aromatic rings. The second-order valence-corrected chi connectivity index (χ2v) is 6.74. The molecule has 0 N–H and O–H groups in total. The van der Waals surface area contributed by atoms with E-state index in [1.54, 1.807) is 7.11 Å². The van der Waals surface area contributed by atoms with Gasteiger partial charge in [-0.1, -0.05) is 10.4 Å². The standard InChI is InChI=1S/C16H23N5O2/c1-11-5-16(23-18-11)9-20-13-3-4-14(20)7-15(6-13)21-8-12(10-22-2)17-19-21/h5,8,13-15H,3-4,6-7,9-10H2,1-2H3. The van der Waals surface area contributed by atoms with Crippen LogP contribution < -0.4 is 0 Å². The van der Waals surface area contributed by atoms with Gasteiger partial charge in [-0.25, -0.2) is 4.68 Å². The maximum Gasteiger partial charge on any atom is 0.150 e. The molecule has 2 aliphatic heterocycles. The van der Waals surface area contributed by atoms with Gasteiger partial charge < -0.3 is 9.26 Å². The Morgan fingerprint density at radius 1 is 1.26 bits per heavy atom. The van der Waals surface area contributed by atoms with Gasteiger partial charge in [0.2, 0.25) is 0 Å². The minimum atomic E-state index is 0.443. The third kappa shape index (κ3) is 2.90. The summed E-state index contributed by atoms with van der Waals surface area (Å²) < 4.78 is 12.6. The molecule has 0 aliphatic carbocycles. The molecule has 2 unspecified atom stereocenters. The van der Waals surface area contributed by atoms with Crippen LogP contribution in [0, 0.1) is 6.92 Å². The third-order valence-corrected chi connectivity index (χ3v) is 5.10. The van der Waals surface area contributed by atoms with E-state index in [9.17, 15) is 0 Å². The molecule has 2 bridgehead atoms. The molecule has 0 saturated carbocycles. The van der Waals surface area contributed by atoms with Gasteiger partial charge in [0.15, 0.2) is 5.76 Å². The summed E-state index contributed by atoms with van der Waals surface area (Å²) in [6, 6.07) is 3.68. The van der Waals surface area contributed by atoms with Crippen LogP contribution in [0.2, 0.25) is 0 Å². The summed E-state index contributed by atoms with van der Waals surface area (Å²) in [4.78, 5) is 2.59. The van der Waals surface area contributed by atoms with Crippen LogP contribution in [0.4, 0.5) is 0 Å². The maximum absolute atomic E-state index is 5.40. The highest BCUT2D eigenvalue weighted by atomic mass is 16.5. The zero-order valence-corrected chi connectivity index (χ0v) is 13.7. The quantitative estimate of drug-likeness (QED) is 0.841. The molecule has 2 saturated heterocycles. The summed E-state index contributed by atoms with van der Waals surface area (Å²) in [5, 5.41) is 12.5. The van der Waals surface area contributed by atoms with Crippen molar-refractivity contribution in [2.75, 3.05) is 7.11 Å². The molecule has 2 aromatic heterocycles. The van der Waals surface area contributed by atoms with Gasteiger partial charge in [0.1, 0.15) is 5.69 Å². The minimum Gasteiger partial charge on any atom is -0.378 e. The van der Waals surface area contributed by atoms with Crippen LogP contribution in [-0.4, -0.2) is 44.2 Å². The lowest BCUT2D eigenvalue weighted by Crippen LogP contribution is -2.42. The molecule has 0 spiro atoms. The first-order valence-corrected chi connectivity index (χ1v) is 8.30. The molecule has 23 heavy (non-hydrogen) atoms. The Kier molecular flexibility index (Phi) is 3.90. The molecular weight excluding hydrogens is 294 g/mol. The van der Waals surface area contributed by atoms with Crippen molar-refractivity contribution in [1.29, 1.82) is 0 Å². The number of nitrogens with zero attached hydrogens (tertiary/aromatic N) is 5. The first-order valence-electron chi connectivity index (χ1n) is 8.30. The summed E-state index contributed by atoms with van der Waals surface area (Å²) >= 11 is 0. The topological polar surface area (TPSA) is 69.2 Å². The van der Waals surface area contributed by atoms with Crippen molar-refractivity contribution < 1.29 is 9.26 Å². The molecule has 7 nitrogen and oxygen atoms in total. The molecular formula is C16H23N5O2. The zero-order chi connectivity index (χ0) is 15.8. The summed E-state index contributed by atoms with van der Waals surface area (Å²) in [5.74, 6) is 0.973. The second-order valence-electron chi connectivity index (χ2n) is 6.74. The molecule has 2 fully saturated rings. The summed E-state index contributed by atoms with van der Waals surface area (Å²) in [6.07, 6.45) is 6.80. The van der Waals surface area contributed by atoms with Gasteiger partial charge in [0, 0.05) is 25.3 Å². The minimum absolute atomic E-state index is 0.443. The molecule has 2 aliphatic rings. The van der Waals surface area contributed by atoms with Gasteiger partial charge in [0.05, 0.1) is 31.1 Å². The molecule has 4 heterocycles. The number of aryl methyl sites for hydroxylation is 1. The number of rotatable bonds is 5. The summed E-state index contributed by atoms with van der Waals surface area (Å²) in [7, 11) is 1.68. The van der Waals surface area contributed by atoms with Crippen LogP contribution in [0.15, 0.2) is 16.8 Å². The number of hydrogen-bond acceptors (Lipinski definition) is 6. The molecule has 0 radical (unpaired) electrons. The smallest absolute Gasteiger partial charge is 0.150 e. The van der Waals surface area contributed by atoms with E-state index in [2.05, 4.69) is 20.4 Å². The van der Waals surface area contributed by atoms with Crippen LogP contribution >= 0.6 is 0 Å². The highest BCUT2D eigenvalue weighted by Crippen LogP contribution is 2.41. The van der Waals surface area contributed by atoms with Gasteiger partial charge in [-0.2, -0.15) is 0 Å². The van der Waals surface area contributed by atoms with E-state index in [1.165, 1.54) is 12.8 Å². The van der Waals surface area contributed by atoms with Gasteiger partial charge in [0.25, 0.3) is 0 Å². The van der Waals surface area contributed by atoms with Crippen molar-refractivity contribution in [2.24, 2.45) is 0 Å². The van der Waals surface area contributed by atoms with Crippen molar-refractivity contribution >= 4 is 0 Å². The average Bonchev–Trinajstić information content (AvgIpc) is 3.21. The summed E-state index contributed by atoms with van der Waals surface area (Å²) in [6.45, 7) is 3.36. The lowest BCUT2D eigenvalue weighted by Gasteiger charge is -2.38. The lowest BCUT2D eigenvalue weighted by atomic mass is 9.97. The van der Waals surface area contributed by atoms with Gasteiger partial charge in [-0.15, -0.1) is 5.10 Å². The fourth-order valence-electron chi connectivity index (χ4n) is 4.10. The normalized spacial score (nSPS) is 27.7. The Labute approximate surface area is 135 Å². The SMILES string of the molecule is COCc1cn(C2CC3CCC(C2)N3Cc2cc(C)no2)nn1. The largest absolute Gasteiger partial charge is 0.378 e. The predicted molar refractivity (Wildman–Crippen MR) is 82.6 cm³/mol. The van der Waals surface area contributed by atoms with E-state index >= 15 is 0 Å². The number of piperidine rings is 1. The van der Waals surface area contributed by atoms with Gasteiger partial charge in [-0.3, -0.25) is 4.90 Å². The Balaban J connectivity index is 1.44. The number of ether oxygens (including phenoxy) is 1. The van der Waals surface area contributed by atoms with Crippen molar-refractivity contribution in [1.82, 2.24) is 25.1 Å². The van der Waals surface area contributed by atoms with Gasteiger partial charge in [-0.05, 0) is 32.6 Å². The van der Waals surface area contributed by atoms with Crippen LogP contribution in [0.1, 0.15) is 48.9 Å². The molecule has 0 aromatic carbocycles. The molecule has 2 atom stereocenters. The fraction of sp³-hybridized carbons (Fsp3) is 0.688. The van der Waals surface area contributed by atoms with E-state index in [1.807, 2.05) is 23.9 Å². The number of methoxy groups -OCH3 is 1. The molecule has 4 rings (SSSR count). The van der Waals surface area contributed by atoms with Crippen molar-refractivity contribution in [3.63, 3.8) is 0 Å². The maximum atomic E-state index is 5.40. The van der Waals surface area contributed by atoms with Crippen LogP contribution in [0.25, 0.3) is 0 Å². The Hall–Kier alpha value is -1.73. The Morgan fingerprint density at radius 3 is 2.70 bits per heavy atom. The monoisotopic (exact) mass is 317 g/mol. The van der Waals surface area contributed by atoms with E-state index in [0.717, 1.165) is 36.5 Å². The Morgan fingerprint density at radius 2 is 2.04 bits per heavy atom. The van der Waals surface area contributed by atoms with Crippen molar-refractivity contribution in [3.05, 3.63) is 29.4 Å². The van der Waals surface area contributed by atoms with Crippen LogP contribution in [0.5, 0.6) is 0 Å². The molecule has 0 amide bonds. The zero-order valence-electron chi connectivity index (χ0n) is 13.7. The molecule has 7 heteroatoms. The second kappa shape index (κ2) is 6.05. The highest BCUT2D eigenvalue weighted by Gasteiger charge is 2.41. The number of aromatic nitrogens is 4. The van der Waals surface area contributed by atoms with Crippen LogP contribution in [0.3, 0.4) is 0 Å². The molecule has 124 valence electrons. The van der Waals surface area contributed by atoms with Crippen LogP contribution in [-0.2, 0) is 17.9 Å². The average molecular weight is 317 g/mol. The van der Waals surface area contributed by atoms with Crippen molar-refractivity contribution in [2.45, 2.75) is 63.9 Å². The third-order valence-electron chi connectivity index (χ3n) is 5.10. The van der Waals surface area contributed by atoms with Gasteiger partial charge >= 0.3 is 0 Å². The van der Waals surface area contributed by atoms with E-state index in [4.69, 9.17) is 9.26 Å². The predicted octanol–water partition coefficient (Wildman–Crippen LogP) is 2.09.